The monoisotopic (exact) mass is 389 g/mol. The molecule has 0 unspecified atom stereocenters. The molecular formula is C20H21F2N3O3. The molecule has 0 saturated carbocycles. The summed E-state index contributed by atoms with van der Waals surface area (Å²) in [5.74, 6) is -2.16. The first-order chi connectivity index (χ1) is 13.5. The second kappa shape index (κ2) is 8.69. The molecule has 0 bridgehead atoms. The molecule has 1 N–H and O–H groups in total. The van der Waals surface area contributed by atoms with Crippen LogP contribution in [0.5, 0.6) is 5.75 Å². The number of hydrogen-bond donors (Lipinski definition) is 1. The van der Waals surface area contributed by atoms with E-state index in [1.54, 1.807) is 12.0 Å². The van der Waals surface area contributed by atoms with Gasteiger partial charge in [-0.3, -0.25) is 9.59 Å². The lowest BCUT2D eigenvalue weighted by Crippen LogP contribution is -2.49. The van der Waals surface area contributed by atoms with Gasteiger partial charge in [0.15, 0.2) is 11.6 Å². The zero-order valence-corrected chi connectivity index (χ0v) is 15.5. The fourth-order valence-corrected chi connectivity index (χ4v) is 3.12. The average Bonchev–Trinajstić information content (AvgIpc) is 2.70. The number of halogens is 2. The third-order valence-corrected chi connectivity index (χ3v) is 4.57. The number of benzene rings is 2. The molecule has 28 heavy (non-hydrogen) atoms. The number of nitrogens with one attached hydrogen (secondary N) is 1. The molecule has 8 heteroatoms. The van der Waals surface area contributed by atoms with Crippen molar-refractivity contribution in [1.82, 2.24) is 4.90 Å². The summed E-state index contributed by atoms with van der Waals surface area (Å²) in [6.45, 7) is 2.21. The minimum absolute atomic E-state index is 0.109. The maximum absolute atomic E-state index is 13.2. The number of ether oxygens (including phenoxy) is 1. The van der Waals surface area contributed by atoms with Gasteiger partial charge in [0.2, 0.25) is 11.8 Å². The van der Waals surface area contributed by atoms with Gasteiger partial charge < -0.3 is 19.9 Å². The summed E-state index contributed by atoms with van der Waals surface area (Å²) >= 11 is 0. The molecule has 0 atom stereocenters. The molecule has 2 aromatic rings. The first-order valence-corrected chi connectivity index (χ1v) is 8.88. The lowest BCUT2D eigenvalue weighted by molar-refractivity contribution is -0.134. The van der Waals surface area contributed by atoms with Crippen molar-refractivity contribution in [3.8, 4) is 5.75 Å². The number of carbonyl (C=O) groups excluding carboxylic acids is 2. The Balaban J connectivity index is 1.52. The Morgan fingerprint density at radius 1 is 1.04 bits per heavy atom. The van der Waals surface area contributed by atoms with Gasteiger partial charge in [0.1, 0.15) is 12.2 Å². The van der Waals surface area contributed by atoms with E-state index in [2.05, 4.69) is 10.2 Å². The molecule has 0 aliphatic carbocycles. The number of amides is 2. The van der Waals surface area contributed by atoms with Crippen LogP contribution in [-0.2, 0) is 9.59 Å². The molecule has 1 heterocycles. The highest BCUT2D eigenvalue weighted by Gasteiger charge is 2.24. The van der Waals surface area contributed by atoms with Crippen LogP contribution in [0.1, 0.15) is 6.42 Å². The van der Waals surface area contributed by atoms with Crippen molar-refractivity contribution in [2.24, 2.45) is 0 Å². The van der Waals surface area contributed by atoms with Crippen LogP contribution in [0.3, 0.4) is 0 Å². The number of para-hydroxylation sites is 2. The van der Waals surface area contributed by atoms with Crippen molar-refractivity contribution in [3.63, 3.8) is 0 Å². The van der Waals surface area contributed by atoms with Gasteiger partial charge in [-0.05, 0) is 24.3 Å². The van der Waals surface area contributed by atoms with E-state index in [0.29, 0.717) is 26.2 Å². The van der Waals surface area contributed by atoms with Crippen molar-refractivity contribution in [3.05, 3.63) is 54.1 Å². The summed E-state index contributed by atoms with van der Waals surface area (Å²) in [6, 6.07) is 10.7. The highest BCUT2D eigenvalue weighted by atomic mass is 19.2. The van der Waals surface area contributed by atoms with Crippen LogP contribution in [0.4, 0.5) is 20.2 Å². The van der Waals surface area contributed by atoms with E-state index in [9.17, 15) is 18.4 Å². The van der Waals surface area contributed by atoms with Gasteiger partial charge in [0.25, 0.3) is 0 Å². The summed E-state index contributed by atoms with van der Waals surface area (Å²) in [4.78, 5) is 28.2. The molecule has 0 spiro atoms. The zero-order valence-electron chi connectivity index (χ0n) is 15.5. The minimum atomic E-state index is -1.06. The first-order valence-electron chi connectivity index (χ1n) is 8.88. The predicted molar refractivity (Wildman–Crippen MR) is 101 cm³/mol. The largest absolute Gasteiger partial charge is 0.495 e. The molecule has 1 saturated heterocycles. The summed E-state index contributed by atoms with van der Waals surface area (Å²) in [5.41, 5.74) is 1.07. The van der Waals surface area contributed by atoms with Crippen LogP contribution in [0.15, 0.2) is 42.5 Å². The number of methoxy groups -OCH3 is 1. The van der Waals surface area contributed by atoms with E-state index >= 15 is 0 Å². The second-order valence-electron chi connectivity index (χ2n) is 6.39. The Kier molecular flexibility index (Phi) is 6.08. The van der Waals surface area contributed by atoms with E-state index in [0.717, 1.165) is 23.6 Å². The lowest BCUT2D eigenvalue weighted by Gasteiger charge is -2.36. The fourth-order valence-electron chi connectivity index (χ4n) is 3.12. The van der Waals surface area contributed by atoms with E-state index in [1.807, 2.05) is 24.3 Å². The van der Waals surface area contributed by atoms with Crippen LogP contribution in [-0.4, -0.2) is 50.0 Å². The Morgan fingerprint density at radius 2 is 1.75 bits per heavy atom. The summed E-state index contributed by atoms with van der Waals surface area (Å²) in [6.07, 6.45) is -0.354. The van der Waals surface area contributed by atoms with E-state index in [1.165, 1.54) is 6.07 Å². The van der Waals surface area contributed by atoms with Gasteiger partial charge in [-0.2, -0.15) is 0 Å². The van der Waals surface area contributed by atoms with Crippen molar-refractivity contribution < 1.29 is 23.1 Å². The van der Waals surface area contributed by atoms with Gasteiger partial charge in [0.05, 0.1) is 12.8 Å². The Morgan fingerprint density at radius 3 is 2.43 bits per heavy atom. The average molecular weight is 389 g/mol. The normalized spacial score (nSPS) is 14.0. The molecule has 1 aliphatic heterocycles. The highest BCUT2D eigenvalue weighted by Crippen LogP contribution is 2.28. The zero-order chi connectivity index (χ0) is 20.1. The van der Waals surface area contributed by atoms with Crippen molar-refractivity contribution in [2.45, 2.75) is 6.42 Å². The predicted octanol–water partition coefficient (Wildman–Crippen LogP) is 2.65. The van der Waals surface area contributed by atoms with Gasteiger partial charge in [-0.1, -0.05) is 12.1 Å². The maximum atomic E-state index is 13.2. The topological polar surface area (TPSA) is 61.9 Å². The fraction of sp³-hybridized carbons (Fsp3) is 0.300. The number of hydrogen-bond acceptors (Lipinski definition) is 4. The Bertz CT molecular complexity index is 868. The second-order valence-corrected chi connectivity index (χ2v) is 6.39. The highest BCUT2D eigenvalue weighted by molar-refractivity contribution is 6.03. The van der Waals surface area contributed by atoms with Crippen LogP contribution < -0.4 is 15.0 Å². The summed E-state index contributed by atoms with van der Waals surface area (Å²) in [7, 11) is 1.62. The number of piperazine rings is 1. The maximum Gasteiger partial charge on any atom is 0.233 e. The van der Waals surface area contributed by atoms with E-state index < -0.39 is 17.5 Å². The number of anilines is 2. The molecule has 0 aromatic heterocycles. The quantitative estimate of drug-likeness (QED) is 0.799. The van der Waals surface area contributed by atoms with E-state index in [4.69, 9.17) is 4.74 Å². The summed E-state index contributed by atoms with van der Waals surface area (Å²) < 4.78 is 31.5. The molecule has 1 fully saturated rings. The Hall–Kier alpha value is -3.16. The van der Waals surface area contributed by atoms with Crippen LogP contribution in [0, 0.1) is 11.6 Å². The molecule has 6 nitrogen and oxygen atoms in total. The molecule has 3 rings (SSSR count). The Labute approximate surface area is 161 Å². The molecule has 0 radical (unpaired) electrons. The number of rotatable bonds is 5. The first kappa shape index (κ1) is 19.6. The lowest BCUT2D eigenvalue weighted by atomic mass is 10.2. The van der Waals surface area contributed by atoms with Crippen molar-refractivity contribution in [1.29, 1.82) is 0 Å². The third-order valence-electron chi connectivity index (χ3n) is 4.57. The number of nitrogens with zero attached hydrogens (tertiary/aromatic N) is 2. The van der Waals surface area contributed by atoms with Gasteiger partial charge in [-0.15, -0.1) is 0 Å². The summed E-state index contributed by atoms with van der Waals surface area (Å²) in [5, 5.41) is 2.41. The smallest absolute Gasteiger partial charge is 0.233 e. The third kappa shape index (κ3) is 4.57. The molecule has 1 aliphatic rings. The minimum Gasteiger partial charge on any atom is -0.495 e. The molecular weight excluding hydrogens is 368 g/mol. The molecule has 2 amide bonds. The standard InChI is InChI=1S/C20H21F2N3O3/c1-28-18-5-3-2-4-17(18)24-8-10-25(11-9-24)20(27)13-19(26)23-14-6-7-15(21)16(22)12-14/h2-7,12H,8-11,13H2,1H3,(H,23,26). The van der Waals surface area contributed by atoms with Crippen molar-refractivity contribution in [2.75, 3.05) is 43.5 Å². The molecule has 2 aromatic carbocycles. The van der Waals surface area contributed by atoms with Crippen LogP contribution in [0.2, 0.25) is 0 Å². The van der Waals surface area contributed by atoms with Crippen molar-refractivity contribution >= 4 is 23.2 Å². The van der Waals surface area contributed by atoms with Crippen LogP contribution in [0.25, 0.3) is 0 Å². The van der Waals surface area contributed by atoms with Gasteiger partial charge in [-0.25, -0.2) is 8.78 Å². The van der Waals surface area contributed by atoms with Crippen LogP contribution >= 0.6 is 0 Å². The van der Waals surface area contributed by atoms with E-state index in [-0.39, 0.29) is 18.0 Å². The SMILES string of the molecule is COc1ccccc1N1CCN(C(=O)CC(=O)Nc2ccc(F)c(F)c2)CC1. The van der Waals surface area contributed by atoms with Gasteiger partial charge in [0, 0.05) is 37.9 Å². The van der Waals surface area contributed by atoms with Gasteiger partial charge >= 0.3 is 0 Å². The number of carbonyl (C=O) groups is 2. The molecule has 148 valence electrons.